The molecule has 1 aromatic carbocycles. The number of carbonyl (C=O) groups is 1. The number of aliphatic hydroxyl groups is 1. The maximum Gasteiger partial charge on any atom is 0.248 e. The Hall–Kier alpha value is -2.28. The summed E-state index contributed by atoms with van der Waals surface area (Å²) in [5.41, 5.74) is 14.2. The van der Waals surface area contributed by atoms with Gasteiger partial charge in [0, 0.05) is 30.6 Å². The molecule has 0 radical (unpaired) electrons. The lowest BCUT2D eigenvalue weighted by Gasteiger charge is -2.31. The van der Waals surface area contributed by atoms with E-state index in [0.29, 0.717) is 23.6 Å². The van der Waals surface area contributed by atoms with Gasteiger partial charge in [-0.15, -0.1) is 0 Å². The number of rotatable bonds is 3. The standard InChI is InChI=1S/C15H21N5O2/c1-15(2)7-19(3-4-21)11-6-9(13(16)22)5-10-12(11)20(8-15)14(17)18-10/h5-6,21H,3-4,7-8H2,1-2H3,(H2,16,22)(H2,17,18). The molecule has 0 bridgehead atoms. The fraction of sp³-hybridized carbons (Fsp3) is 0.467. The number of aromatic nitrogens is 2. The molecular weight excluding hydrogens is 282 g/mol. The number of imidazole rings is 1. The number of primary amides is 1. The van der Waals surface area contributed by atoms with Gasteiger partial charge in [-0.3, -0.25) is 4.79 Å². The van der Waals surface area contributed by atoms with Crippen LogP contribution in [0.3, 0.4) is 0 Å². The fourth-order valence-electron chi connectivity index (χ4n) is 3.21. The number of hydrogen-bond acceptors (Lipinski definition) is 5. The number of anilines is 2. The molecule has 0 fully saturated rings. The maximum absolute atomic E-state index is 11.6. The van der Waals surface area contributed by atoms with Crippen molar-refractivity contribution in [2.45, 2.75) is 20.4 Å². The average Bonchev–Trinajstić information content (AvgIpc) is 2.66. The predicted octanol–water partition coefficient (Wildman–Crippen LogP) is 0.556. The number of benzene rings is 1. The van der Waals surface area contributed by atoms with E-state index in [1.54, 1.807) is 12.1 Å². The predicted molar refractivity (Wildman–Crippen MR) is 85.7 cm³/mol. The molecule has 7 nitrogen and oxygen atoms in total. The summed E-state index contributed by atoms with van der Waals surface area (Å²) in [6, 6.07) is 3.43. The van der Waals surface area contributed by atoms with Crippen LogP contribution in [-0.2, 0) is 6.54 Å². The van der Waals surface area contributed by atoms with Crippen molar-refractivity contribution in [2.24, 2.45) is 11.1 Å². The Labute approximate surface area is 128 Å². The van der Waals surface area contributed by atoms with Gasteiger partial charge in [0.25, 0.3) is 0 Å². The van der Waals surface area contributed by atoms with E-state index in [1.165, 1.54) is 0 Å². The average molecular weight is 303 g/mol. The van der Waals surface area contributed by atoms with Crippen molar-refractivity contribution in [3.8, 4) is 0 Å². The van der Waals surface area contributed by atoms with E-state index in [2.05, 4.69) is 23.7 Å². The van der Waals surface area contributed by atoms with Gasteiger partial charge in [0.1, 0.15) is 0 Å². The van der Waals surface area contributed by atoms with Crippen molar-refractivity contribution in [1.29, 1.82) is 0 Å². The van der Waals surface area contributed by atoms with Crippen LogP contribution in [0.2, 0.25) is 0 Å². The van der Waals surface area contributed by atoms with Crippen molar-refractivity contribution >= 4 is 28.6 Å². The zero-order chi connectivity index (χ0) is 16.1. The van der Waals surface area contributed by atoms with Gasteiger partial charge in [-0.1, -0.05) is 13.8 Å². The highest BCUT2D eigenvalue weighted by molar-refractivity contribution is 6.01. The third-order valence-electron chi connectivity index (χ3n) is 4.05. The first kappa shape index (κ1) is 14.6. The molecule has 0 atom stereocenters. The summed E-state index contributed by atoms with van der Waals surface area (Å²) in [7, 11) is 0. The van der Waals surface area contributed by atoms with E-state index < -0.39 is 5.91 Å². The zero-order valence-corrected chi connectivity index (χ0v) is 12.8. The molecule has 0 spiro atoms. The third kappa shape index (κ3) is 2.27. The number of amides is 1. The third-order valence-corrected chi connectivity index (χ3v) is 4.05. The number of hydrogen-bond donors (Lipinski definition) is 3. The number of aliphatic hydroxyl groups excluding tert-OH is 1. The molecule has 2 aromatic rings. The first-order valence-electron chi connectivity index (χ1n) is 7.28. The molecule has 1 amide bonds. The molecule has 7 heteroatoms. The van der Waals surface area contributed by atoms with E-state index in [0.717, 1.165) is 24.3 Å². The molecule has 22 heavy (non-hydrogen) atoms. The Balaban J connectivity index is 2.32. The van der Waals surface area contributed by atoms with Gasteiger partial charge in [-0.05, 0) is 12.1 Å². The molecule has 0 saturated heterocycles. The second kappa shape index (κ2) is 4.88. The summed E-state index contributed by atoms with van der Waals surface area (Å²) >= 11 is 0. The van der Waals surface area contributed by atoms with Crippen molar-refractivity contribution in [3.63, 3.8) is 0 Å². The molecule has 1 aromatic heterocycles. The van der Waals surface area contributed by atoms with Gasteiger partial charge >= 0.3 is 0 Å². The Morgan fingerprint density at radius 2 is 2.14 bits per heavy atom. The first-order valence-corrected chi connectivity index (χ1v) is 7.28. The second-order valence-electron chi connectivity index (χ2n) is 6.59. The van der Waals surface area contributed by atoms with E-state index >= 15 is 0 Å². The molecule has 0 saturated carbocycles. The van der Waals surface area contributed by atoms with Crippen LogP contribution in [0.5, 0.6) is 0 Å². The summed E-state index contributed by atoms with van der Waals surface area (Å²) in [4.78, 5) is 18.0. The van der Waals surface area contributed by atoms with Gasteiger partial charge < -0.3 is 26.0 Å². The van der Waals surface area contributed by atoms with Crippen molar-refractivity contribution in [1.82, 2.24) is 9.55 Å². The Morgan fingerprint density at radius 1 is 1.41 bits per heavy atom. The first-order chi connectivity index (χ1) is 10.3. The molecule has 118 valence electrons. The normalized spacial score (nSPS) is 16.8. The second-order valence-corrected chi connectivity index (χ2v) is 6.59. The monoisotopic (exact) mass is 303 g/mol. The van der Waals surface area contributed by atoms with Crippen LogP contribution in [0.1, 0.15) is 24.2 Å². The van der Waals surface area contributed by atoms with Crippen LogP contribution in [-0.4, -0.2) is 40.3 Å². The minimum absolute atomic E-state index is 0.0298. The molecule has 3 rings (SSSR count). The largest absolute Gasteiger partial charge is 0.395 e. The van der Waals surface area contributed by atoms with E-state index in [9.17, 15) is 9.90 Å². The highest BCUT2D eigenvalue weighted by Gasteiger charge is 2.31. The zero-order valence-electron chi connectivity index (χ0n) is 12.8. The topological polar surface area (TPSA) is 110 Å². The van der Waals surface area contributed by atoms with Crippen molar-refractivity contribution in [2.75, 3.05) is 30.3 Å². The summed E-state index contributed by atoms with van der Waals surface area (Å²) in [6.45, 7) is 6.26. The van der Waals surface area contributed by atoms with Gasteiger partial charge in [0.15, 0.2) is 0 Å². The van der Waals surface area contributed by atoms with E-state index in [4.69, 9.17) is 11.5 Å². The number of nitrogen functional groups attached to an aromatic ring is 1. The molecule has 0 aliphatic carbocycles. The van der Waals surface area contributed by atoms with Crippen LogP contribution < -0.4 is 16.4 Å². The minimum atomic E-state index is -0.501. The molecule has 2 heterocycles. The van der Waals surface area contributed by atoms with Gasteiger partial charge in [0.05, 0.1) is 23.3 Å². The molecular formula is C15H21N5O2. The van der Waals surface area contributed by atoms with Crippen LogP contribution >= 0.6 is 0 Å². The summed E-state index contributed by atoms with van der Waals surface area (Å²) in [5, 5.41) is 9.39. The van der Waals surface area contributed by atoms with E-state index in [1.807, 2.05) is 4.57 Å². The Kier molecular flexibility index (Phi) is 3.25. The number of carbonyl (C=O) groups excluding carboxylic acids is 1. The summed E-state index contributed by atoms with van der Waals surface area (Å²) in [5.74, 6) is -0.0736. The SMILES string of the molecule is CC1(C)CN(CCO)c2cc(C(N)=O)cc3nc(N)n(c23)C1. The van der Waals surface area contributed by atoms with Crippen LogP contribution in [0, 0.1) is 5.41 Å². The maximum atomic E-state index is 11.6. The van der Waals surface area contributed by atoms with E-state index in [-0.39, 0.29) is 12.0 Å². The lowest BCUT2D eigenvalue weighted by molar-refractivity contribution is 0.100. The highest BCUT2D eigenvalue weighted by Crippen LogP contribution is 2.37. The molecule has 1 aliphatic rings. The van der Waals surface area contributed by atoms with Crippen LogP contribution in [0.25, 0.3) is 11.0 Å². The molecule has 5 N–H and O–H groups in total. The summed E-state index contributed by atoms with van der Waals surface area (Å²) < 4.78 is 1.98. The number of β-amino-alcohol motifs (C(OH)–C–C–N with tert-alkyl or cyclic N) is 1. The van der Waals surface area contributed by atoms with Crippen LogP contribution in [0.4, 0.5) is 11.6 Å². The van der Waals surface area contributed by atoms with Crippen molar-refractivity contribution in [3.05, 3.63) is 17.7 Å². The quantitative estimate of drug-likeness (QED) is 0.767. The Bertz CT molecular complexity index is 750. The lowest BCUT2D eigenvalue weighted by Crippen LogP contribution is -2.36. The minimum Gasteiger partial charge on any atom is -0.395 e. The molecule has 1 aliphatic heterocycles. The lowest BCUT2D eigenvalue weighted by atomic mass is 9.93. The molecule has 0 unspecified atom stereocenters. The van der Waals surface area contributed by atoms with Gasteiger partial charge in [0.2, 0.25) is 11.9 Å². The number of nitrogens with zero attached hydrogens (tertiary/aromatic N) is 3. The highest BCUT2D eigenvalue weighted by atomic mass is 16.3. The smallest absolute Gasteiger partial charge is 0.248 e. The number of nitrogens with two attached hydrogens (primary N) is 2. The van der Waals surface area contributed by atoms with Gasteiger partial charge in [-0.25, -0.2) is 4.98 Å². The summed E-state index contributed by atoms with van der Waals surface area (Å²) in [6.07, 6.45) is 0. The van der Waals surface area contributed by atoms with Crippen LogP contribution in [0.15, 0.2) is 12.1 Å². The fourth-order valence-corrected chi connectivity index (χ4v) is 3.21. The van der Waals surface area contributed by atoms with Gasteiger partial charge in [-0.2, -0.15) is 0 Å². The van der Waals surface area contributed by atoms with Crippen molar-refractivity contribution < 1.29 is 9.90 Å². The Morgan fingerprint density at radius 3 is 2.77 bits per heavy atom.